The fraction of sp³-hybridized carbons (Fsp3) is 0.130. The lowest BCUT2D eigenvalue weighted by Gasteiger charge is -2.09. The predicted molar refractivity (Wildman–Crippen MR) is 125 cm³/mol. The largest absolute Gasteiger partial charge is 0.390 e. The maximum absolute atomic E-state index is 13.2. The zero-order chi connectivity index (χ0) is 21.9. The lowest BCUT2D eigenvalue weighted by Crippen LogP contribution is -2.20. The van der Waals surface area contributed by atoms with Crippen LogP contribution < -0.4 is 5.56 Å². The second kappa shape index (κ2) is 7.27. The molecule has 0 bridgehead atoms. The number of aromatic amines is 1. The van der Waals surface area contributed by atoms with Gasteiger partial charge in [0.25, 0.3) is 5.56 Å². The van der Waals surface area contributed by atoms with Gasteiger partial charge in [-0.25, -0.2) is 0 Å². The quantitative estimate of drug-likeness (QED) is 0.409. The van der Waals surface area contributed by atoms with Crippen molar-refractivity contribution in [2.75, 3.05) is 0 Å². The van der Waals surface area contributed by atoms with Crippen LogP contribution in [-0.2, 0) is 20.7 Å². The van der Waals surface area contributed by atoms with E-state index in [4.69, 9.17) is 23.2 Å². The predicted octanol–water partition coefficient (Wildman–Crippen LogP) is 4.89. The molecule has 0 aliphatic rings. The van der Waals surface area contributed by atoms with Gasteiger partial charge in [0.1, 0.15) is 5.65 Å². The highest BCUT2D eigenvalue weighted by Gasteiger charge is 2.18. The standard InChI is InChI=1S/C23H18Cl2N4O2/c1-28-21-6-3-12(20-9-14(11-30)26-27-20)7-16(21)17-10-18(23(31)29(2)22(17)28)15-5-4-13(24)8-19(15)25/h3-10,30H,11H2,1-2H3,(H,26,27). The van der Waals surface area contributed by atoms with E-state index in [-0.39, 0.29) is 12.2 Å². The van der Waals surface area contributed by atoms with Crippen LogP contribution in [0.25, 0.3) is 44.3 Å². The third-order valence-corrected chi connectivity index (χ3v) is 6.22. The summed E-state index contributed by atoms with van der Waals surface area (Å²) in [6, 6.07) is 14.9. The molecule has 0 saturated heterocycles. The van der Waals surface area contributed by atoms with Crippen molar-refractivity contribution in [3.63, 3.8) is 0 Å². The summed E-state index contributed by atoms with van der Waals surface area (Å²) >= 11 is 12.5. The van der Waals surface area contributed by atoms with Crippen molar-refractivity contribution in [2.45, 2.75) is 6.61 Å². The fourth-order valence-electron chi connectivity index (χ4n) is 4.15. The van der Waals surface area contributed by atoms with Crippen LogP contribution in [0.1, 0.15) is 5.69 Å². The normalized spacial score (nSPS) is 11.6. The number of aryl methyl sites for hydroxylation is 2. The summed E-state index contributed by atoms with van der Waals surface area (Å²) in [6.07, 6.45) is 0. The van der Waals surface area contributed by atoms with Crippen LogP contribution >= 0.6 is 23.2 Å². The molecule has 3 aromatic heterocycles. The van der Waals surface area contributed by atoms with Crippen molar-refractivity contribution >= 4 is 45.1 Å². The second-order valence-corrected chi connectivity index (χ2v) is 8.35. The summed E-state index contributed by atoms with van der Waals surface area (Å²) in [7, 11) is 3.71. The molecule has 2 N–H and O–H groups in total. The van der Waals surface area contributed by atoms with Crippen LogP contribution in [0.5, 0.6) is 0 Å². The zero-order valence-corrected chi connectivity index (χ0v) is 18.3. The highest BCUT2D eigenvalue weighted by atomic mass is 35.5. The molecule has 0 fully saturated rings. The molecule has 0 radical (unpaired) electrons. The van der Waals surface area contributed by atoms with Gasteiger partial charge in [0.15, 0.2) is 0 Å². The minimum Gasteiger partial charge on any atom is -0.390 e. The van der Waals surface area contributed by atoms with Gasteiger partial charge in [-0.1, -0.05) is 35.3 Å². The molecule has 5 aromatic rings. The van der Waals surface area contributed by atoms with E-state index in [9.17, 15) is 9.90 Å². The summed E-state index contributed by atoms with van der Waals surface area (Å²) in [5.74, 6) is 0. The molecule has 0 unspecified atom stereocenters. The fourth-order valence-corrected chi connectivity index (χ4v) is 4.66. The van der Waals surface area contributed by atoms with Crippen molar-refractivity contribution < 1.29 is 5.11 Å². The van der Waals surface area contributed by atoms with Crippen LogP contribution in [-0.4, -0.2) is 24.4 Å². The van der Waals surface area contributed by atoms with Gasteiger partial charge in [-0.15, -0.1) is 0 Å². The van der Waals surface area contributed by atoms with Crippen molar-refractivity contribution in [3.05, 3.63) is 74.6 Å². The van der Waals surface area contributed by atoms with Crippen LogP contribution in [0.4, 0.5) is 0 Å². The average molecular weight is 453 g/mol. The molecule has 0 amide bonds. The second-order valence-electron chi connectivity index (χ2n) is 7.51. The van der Waals surface area contributed by atoms with Crippen molar-refractivity contribution in [1.82, 2.24) is 19.3 Å². The van der Waals surface area contributed by atoms with Crippen LogP contribution in [0.15, 0.2) is 53.3 Å². The number of nitrogens with one attached hydrogen (secondary N) is 1. The first-order valence-corrected chi connectivity index (χ1v) is 10.4. The van der Waals surface area contributed by atoms with Crippen LogP contribution in [0, 0.1) is 0 Å². The molecule has 2 aromatic carbocycles. The number of hydrogen-bond acceptors (Lipinski definition) is 3. The monoisotopic (exact) mass is 452 g/mol. The minimum atomic E-state index is -0.135. The maximum atomic E-state index is 13.2. The van der Waals surface area contributed by atoms with Gasteiger partial charge in [0, 0.05) is 46.6 Å². The lowest BCUT2D eigenvalue weighted by molar-refractivity contribution is 0.276. The van der Waals surface area contributed by atoms with E-state index in [1.54, 1.807) is 29.8 Å². The Bertz CT molecular complexity index is 1550. The molecule has 6 nitrogen and oxygen atoms in total. The van der Waals surface area contributed by atoms with Gasteiger partial charge in [-0.3, -0.25) is 14.5 Å². The van der Waals surface area contributed by atoms with E-state index in [0.717, 1.165) is 33.2 Å². The number of rotatable bonds is 3. The molecule has 31 heavy (non-hydrogen) atoms. The molecule has 0 spiro atoms. The van der Waals surface area contributed by atoms with E-state index in [1.165, 1.54) is 0 Å². The third kappa shape index (κ3) is 3.07. The number of H-pyrrole nitrogens is 1. The smallest absolute Gasteiger partial charge is 0.259 e. The van der Waals surface area contributed by atoms with E-state index < -0.39 is 0 Å². The van der Waals surface area contributed by atoms with Crippen molar-refractivity contribution in [2.24, 2.45) is 14.1 Å². The number of aliphatic hydroxyl groups is 1. The first-order valence-electron chi connectivity index (χ1n) is 9.62. The summed E-state index contributed by atoms with van der Waals surface area (Å²) in [6.45, 7) is -0.125. The number of hydrogen-bond donors (Lipinski definition) is 2. The molecule has 0 atom stereocenters. The van der Waals surface area contributed by atoms with E-state index in [2.05, 4.69) is 16.3 Å². The summed E-state index contributed by atoms with van der Waals surface area (Å²) in [5, 5.41) is 19.3. The first kappa shape index (κ1) is 19.9. The number of aromatic nitrogens is 4. The first-order chi connectivity index (χ1) is 14.9. The Morgan fingerprint density at radius 3 is 2.48 bits per heavy atom. The Morgan fingerprint density at radius 1 is 0.968 bits per heavy atom. The number of aliphatic hydroxyl groups excluding tert-OH is 1. The number of benzene rings is 2. The number of pyridine rings is 1. The number of fused-ring (bicyclic) bond motifs is 3. The molecule has 0 saturated carbocycles. The molecule has 0 aliphatic heterocycles. The molecule has 156 valence electrons. The summed E-state index contributed by atoms with van der Waals surface area (Å²) in [4.78, 5) is 13.2. The maximum Gasteiger partial charge on any atom is 0.259 e. The highest BCUT2D eigenvalue weighted by Crippen LogP contribution is 2.35. The van der Waals surface area contributed by atoms with E-state index in [1.807, 2.05) is 35.9 Å². The molecular weight excluding hydrogens is 435 g/mol. The zero-order valence-electron chi connectivity index (χ0n) is 16.8. The average Bonchev–Trinajstić information content (AvgIpc) is 3.34. The van der Waals surface area contributed by atoms with Gasteiger partial charge < -0.3 is 9.67 Å². The van der Waals surface area contributed by atoms with Gasteiger partial charge in [0.2, 0.25) is 0 Å². The van der Waals surface area contributed by atoms with Crippen LogP contribution in [0.3, 0.4) is 0 Å². The van der Waals surface area contributed by atoms with Crippen molar-refractivity contribution in [1.29, 1.82) is 0 Å². The Labute approximate surface area is 187 Å². The summed E-state index contributed by atoms with van der Waals surface area (Å²) in [5.41, 5.74) is 5.16. The van der Waals surface area contributed by atoms with E-state index >= 15 is 0 Å². The Balaban J connectivity index is 1.82. The number of halogens is 2. The molecule has 5 rings (SSSR count). The van der Waals surface area contributed by atoms with Gasteiger partial charge in [-0.05, 0) is 36.4 Å². The summed E-state index contributed by atoms with van der Waals surface area (Å²) < 4.78 is 3.66. The van der Waals surface area contributed by atoms with Gasteiger partial charge in [-0.2, -0.15) is 5.10 Å². The topological polar surface area (TPSA) is 75.8 Å². The van der Waals surface area contributed by atoms with Gasteiger partial charge in [0.05, 0.1) is 28.5 Å². The van der Waals surface area contributed by atoms with Crippen LogP contribution in [0.2, 0.25) is 10.0 Å². The SMILES string of the molecule is Cn1c(=O)c(-c2ccc(Cl)cc2Cl)cc2c3cc(-c4cc(CO)n[nH]4)ccc3n(C)c21. The minimum absolute atomic E-state index is 0.125. The Morgan fingerprint density at radius 2 is 1.77 bits per heavy atom. The molecule has 3 heterocycles. The Hall–Kier alpha value is -3.06. The highest BCUT2D eigenvalue weighted by molar-refractivity contribution is 6.36. The number of nitrogens with zero attached hydrogens (tertiary/aromatic N) is 3. The lowest BCUT2D eigenvalue weighted by atomic mass is 10.0. The van der Waals surface area contributed by atoms with E-state index in [0.29, 0.717) is 26.9 Å². The molecular formula is C23H18Cl2N4O2. The molecule has 0 aliphatic carbocycles. The van der Waals surface area contributed by atoms with Gasteiger partial charge >= 0.3 is 0 Å². The Kier molecular flexibility index (Phi) is 4.66. The van der Waals surface area contributed by atoms with Crippen molar-refractivity contribution in [3.8, 4) is 22.4 Å². The third-order valence-electron chi connectivity index (χ3n) is 5.67. The molecule has 8 heteroatoms.